The summed E-state index contributed by atoms with van der Waals surface area (Å²) in [5, 5.41) is 8.22. The van der Waals surface area contributed by atoms with Gasteiger partial charge in [0.25, 0.3) is 0 Å². The van der Waals surface area contributed by atoms with Crippen molar-refractivity contribution in [3.8, 4) is 0 Å². The summed E-state index contributed by atoms with van der Waals surface area (Å²) >= 11 is 0. The Morgan fingerprint density at radius 2 is 1.95 bits per heavy atom. The van der Waals surface area contributed by atoms with E-state index in [0.29, 0.717) is 12.1 Å². The van der Waals surface area contributed by atoms with Gasteiger partial charge in [-0.2, -0.15) is 5.10 Å². The van der Waals surface area contributed by atoms with Gasteiger partial charge in [0.15, 0.2) is 0 Å². The zero-order valence-corrected chi connectivity index (χ0v) is 13.6. The Hall–Kier alpha value is -0.870. The summed E-state index contributed by atoms with van der Waals surface area (Å²) in [6.45, 7) is 5.77. The molecule has 1 saturated carbocycles. The van der Waals surface area contributed by atoms with Gasteiger partial charge in [0.2, 0.25) is 0 Å². The van der Waals surface area contributed by atoms with Crippen LogP contribution in [0.4, 0.5) is 0 Å². The summed E-state index contributed by atoms with van der Waals surface area (Å²) in [6.07, 6.45) is 10.2. The molecule has 1 aliphatic heterocycles. The minimum atomic E-state index is 0.647. The third kappa shape index (κ3) is 3.67. The highest BCUT2D eigenvalue weighted by atomic mass is 15.3. The van der Waals surface area contributed by atoms with Gasteiger partial charge in [-0.25, -0.2) is 0 Å². The number of rotatable bonds is 5. The second-order valence-electron chi connectivity index (χ2n) is 6.92. The van der Waals surface area contributed by atoms with E-state index in [2.05, 4.69) is 41.1 Å². The van der Waals surface area contributed by atoms with Crippen molar-refractivity contribution in [1.82, 2.24) is 20.0 Å². The van der Waals surface area contributed by atoms with Crippen molar-refractivity contribution in [2.75, 3.05) is 20.1 Å². The molecule has 0 radical (unpaired) electrons. The van der Waals surface area contributed by atoms with E-state index in [4.69, 9.17) is 5.10 Å². The van der Waals surface area contributed by atoms with Crippen LogP contribution in [-0.4, -0.2) is 40.9 Å². The lowest BCUT2D eigenvalue weighted by Crippen LogP contribution is -2.40. The molecule has 118 valence electrons. The highest BCUT2D eigenvalue weighted by Gasteiger charge is 2.23. The maximum atomic E-state index is 4.82. The predicted octanol–water partition coefficient (Wildman–Crippen LogP) is 2.82. The monoisotopic (exact) mass is 290 g/mol. The van der Waals surface area contributed by atoms with Crippen molar-refractivity contribution >= 4 is 0 Å². The van der Waals surface area contributed by atoms with Crippen molar-refractivity contribution in [2.45, 2.75) is 64.1 Å². The van der Waals surface area contributed by atoms with Crippen LogP contribution in [0.3, 0.4) is 0 Å². The van der Waals surface area contributed by atoms with E-state index >= 15 is 0 Å². The molecule has 1 saturated heterocycles. The zero-order chi connectivity index (χ0) is 14.7. The van der Waals surface area contributed by atoms with Gasteiger partial charge in [-0.1, -0.05) is 12.8 Å². The number of likely N-dealkylation sites (tertiary alicyclic amines) is 1. The summed E-state index contributed by atoms with van der Waals surface area (Å²) in [5.74, 6) is 0.835. The summed E-state index contributed by atoms with van der Waals surface area (Å²) in [6, 6.07) is 3.54. The molecule has 0 bridgehead atoms. The van der Waals surface area contributed by atoms with Crippen molar-refractivity contribution in [3.05, 3.63) is 18.0 Å². The summed E-state index contributed by atoms with van der Waals surface area (Å²) in [4.78, 5) is 2.57. The van der Waals surface area contributed by atoms with Crippen LogP contribution in [0.2, 0.25) is 0 Å². The number of piperidine rings is 1. The Morgan fingerprint density at radius 1 is 1.24 bits per heavy atom. The Morgan fingerprint density at radius 3 is 2.62 bits per heavy atom. The molecule has 1 aliphatic carbocycles. The molecule has 0 spiro atoms. The number of aromatic nitrogens is 2. The molecule has 2 fully saturated rings. The second-order valence-corrected chi connectivity index (χ2v) is 6.92. The standard InChI is InChI=1S/C17H30N4/c1-14(18-2)15-7-10-20(11-8-15)13-16-9-12-21(19-16)17-5-3-4-6-17/h9,12,14-15,17-18H,3-8,10-11,13H2,1-2H3. The SMILES string of the molecule is CNC(C)C1CCN(Cc2ccn(C3CCCC3)n2)CC1. The average Bonchev–Trinajstić information content (AvgIpc) is 3.18. The number of nitrogens with zero attached hydrogens (tertiary/aromatic N) is 3. The minimum Gasteiger partial charge on any atom is -0.317 e. The molecule has 1 atom stereocenters. The van der Waals surface area contributed by atoms with Crippen LogP contribution in [0.25, 0.3) is 0 Å². The Bertz CT molecular complexity index is 428. The molecule has 21 heavy (non-hydrogen) atoms. The molecule has 1 unspecified atom stereocenters. The number of hydrogen-bond donors (Lipinski definition) is 1. The molecular weight excluding hydrogens is 260 g/mol. The van der Waals surface area contributed by atoms with E-state index in [1.54, 1.807) is 0 Å². The Labute approximate surface area is 128 Å². The first-order chi connectivity index (χ1) is 10.3. The van der Waals surface area contributed by atoms with E-state index in [1.807, 2.05) is 0 Å². The molecule has 4 nitrogen and oxygen atoms in total. The third-order valence-corrected chi connectivity index (χ3v) is 5.54. The van der Waals surface area contributed by atoms with Crippen LogP contribution in [0, 0.1) is 5.92 Å². The second kappa shape index (κ2) is 6.93. The normalized spacial score (nSPS) is 23.7. The molecule has 0 aromatic carbocycles. The molecule has 4 heteroatoms. The van der Waals surface area contributed by atoms with Crippen LogP contribution in [0.15, 0.2) is 12.3 Å². The van der Waals surface area contributed by atoms with Crippen molar-refractivity contribution in [1.29, 1.82) is 0 Å². The van der Waals surface area contributed by atoms with Gasteiger partial charge in [-0.3, -0.25) is 9.58 Å². The van der Waals surface area contributed by atoms with E-state index in [0.717, 1.165) is 12.5 Å². The van der Waals surface area contributed by atoms with Gasteiger partial charge in [-0.05, 0) is 64.7 Å². The molecule has 1 aromatic heterocycles. The van der Waals surface area contributed by atoms with Gasteiger partial charge in [0, 0.05) is 18.8 Å². The van der Waals surface area contributed by atoms with Gasteiger partial charge >= 0.3 is 0 Å². The Balaban J connectivity index is 1.49. The summed E-state index contributed by atoms with van der Waals surface area (Å²) < 4.78 is 2.22. The molecular formula is C17H30N4. The van der Waals surface area contributed by atoms with E-state index in [9.17, 15) is 0 Å². The maximum Gasteiger partial charge on any atom is 0.0764 e. The maximum absolute atomic E-state index is 4.82. The molecule has 0 amide bonds. The highest BCUT2D eigenvalue weighted by molar-refractivity contribution is 5.00. The van der Waals surface area contributed by atoms with Crippen molar-refractivity contribution < 1.29 is 0 Å². The number of nitrogens with one attached hydrogen (secondary N) is 1. The van der Waals surface area contributed by atoms with Crippen LogP contribution in [-0.2, 0) is 6.54 Å². The predicted molar refractivity (Wildman–Crippen MR) is 86.3 cm³/mol. The first kappa shape index (κ1) is 15.0. The number of hydrogen-bond acceptors (Lipinski definition) is 3. The Kier molecular flexibility index (Phi) is 4.96. The van der Waals surface area contributed by atoms with Gasteiger partial charge in [-0.15, -0.1) is 0 Å². The van der Waals surface area contributed by atoms with Crippen LogP contribution in [0.5, 0.6) is 0 Å². The molecule has 2 heterocycles. The van der Waals surface area contributed by atoms with Gasteiger partial charge < -0.3 is 5.32 Å². The topological polar surface area (TPSA) is 33.1 Å². The molecule has 3 rings (SSSR count). The lowest BCUT2D eigenvalue weighted by Gasteiger charge is -2.34. The van der Waals surface area contributed by atoms with Crippen molar-refractivity contribution in [2.24, 2.45) is 5.92 Å². The van der Waals surface area contributed by atoms with Crippen LogP contribution < -0.4 is 5.32 Å². The minimum absolute atomic E-state index is 0.647. The highest BCUT2D eigenvalue weighted by Crippen LogP contribution is 2.29. The van der Waals surface area contributed by atoms with Gasteiger partial charge in [0.1, 0.15) is 0 Å². The van der Waals surface area contributed by atoms with E-state index in [1.165, 1.54) is 57.3 Å². The first-order valence-electron chi connectivity index (χ1n) is 8.70. The largest absolute Gasteiger partial charge is 0.317 e. The van der Waals surface area contributed by atoms with Crippen LogP contribution in [0.1, 0.15) is 57.2 Å². The fourth-order valence-electron chi connectivity index (χ4n) is 3.91. The average molecular weight is 290 g/mol. The molecule has 1 aromatic rings. The molecule has 2 aliphatic rings. The fraction of sp³-hybridized carbons (Fsp3) is 0.824. The van der Waals surface area contributed by atoms with E-state index in [-0.39, 0.29) is 0 Å². The van der Waals surface area contributed by atoms with Gasteiger partial charge in [0.05, 0.1) is 11.7 Å². The smallest absolute Gasteiger partial charge is 0.0764 e. The fourth-order valence-corrected chi connectivity index (χ4v) is 3.91. The lowest BCUT2D eigenvalue weighted by atomic mass is 9.90. The zero-order valence-electron chi connectivity index (χ0n) is 13.6. The van der Waals surface area contributed by atoms with Crippen molar-refractivity contribution in [3.63, 3.8) is 0 Å². The first-order valence-corrected chi connectivity index (χ1v) is 8.70. The quantitative estimate of drug-likeness (QED) is 0.905. The van der Waals surface area contributed by atoms with Crippen LogP contribution >= 0.6 is 0 Å². The lowest BCUT2D eigenvalue weighted by molar-refractivity contribution is 0.157. The summed E-state index contributed by atoms with van der Waals surface area (Å²) in [5.41, 5.74) is 1.25. The van der Waals surface area contributed by atoms with E-state index < -0.39 is 0 Å². The third-order valence-electron chi connectivity index (χ3n) is 5.54. The molecule has 1 N–H and O–H groups in total. The summed E-state index contributed by atoms with van der Waals surface area (Å²) in [7, 11) is 2.08.